The summed E-state index contributed by atoms with van der Waals surface area (Å²) in [6, 6.07) is 55.3. The second-order valence-corrected chi connectivity index (χ2v) is 12.0. The van der Waals surface area contributed by atoms with Gasteiger partial charge in [-0.25, -0.2) is 0 Å². The van der Waals surface area contributed by atoms with Crippen LogP contribution in [0.25, 0.3) is 80.7 Å². The van der Waals surface area contributed by atoms with Crippen LogP contribution in [-0.2, 0) is 0 Å². The Hall–Kier alpha value is -5.18. The third-order valence-corrected chi connectivity index (χ3v) is 9.78. The Bertz CT molecular complexity index is 2440. The Morgan fingerprint density at radius 2 is 1.05 bits per heavy atom. The molecule has 2 aromatic heterocycles. The molecule has 0 unspecified atom stereocenters. The maximum Gasteiger partial charge on any atom is 0.0720 e. The van der Waals surface area contributed by atoms with Crippen molar-refractivity contribution in [3.05, 3.63) is 152 Å². The Morgan fingerprint density at radius 3 is 1.83 bits per heavy atom. The van der Waals surface area contributed by atoms with Gasteiger partial charge in [0.25, 0.3) is 0 Å². The molecule has 0 aliphatic heterocycles. The highest BCUT2D eigenvalue weighted by molar-refractivity contribution is 7.26. The zero-order valence-electron chi connectivity index (χ0n) is 22.8. The molecule has 0 aliphatic carbocycles. The normalized spacial score (nSPS) is 11.8. The van der Waals surface area contributed by atoms with E-state index >= 15 is 0 Å². The predicted octanol–water partition coefficient (Wildman–Crippen LogP) is 11.6. The van der Waals surface area contributed by atoms with Crippen LogP contribution in [0.2, 0.25) is 0 Å². The van der Waals surface area contributed by atoms with Crippen molar-refractivity contribution in [2.24, 2.45) is 0 Å². The van der Waals surface area contributed by atoms with Crippen LogP contribution in [0.5, 0.6) is 0 Å². The second-order valence-electron chi connectivity index (χ2n) is 10.9. The van der Waals surface area contributed by atoms with Gasteiger partial charge in [-0.3, -0.25) is 0 Å². The number of hydrogen-bond donors (Lipinski definition) is 0. The van der Waals surface area contributed by atoms with Gasteiger partial charge in [-0.15, -0.1) is 11.3 Å². The number of hydrogen-bond acceptors (Lipinski definition) is 1. The summed E-state index contributed by atoms with van der Waals surface area (Å²) in [6.07, 6.45) is 0. The Morgan fingerprint density at radius 1 is 0.405 bits per heavy atom. The summed E-state index contributed by atoms with van der Waals surface area (Å²) in [6.45, 7) is 0. The Labute approximate surface area is 247 Å². The molecule has 1 nitrogen and oxygen atoms in total. The molecule has 2 heteroatoms. The summed E-state index contributed by atoms with van der Waals surface area (Å²) >= 11 is 1.90. The topological polar surface area (TPSA) is 4.93 Å². The number of rotatable bonds is 3. The summed E-state index contributed by atoms with van der Waals surface area (Å²) < 4.78 is 5.16. The number of nitrogens with zero attached hydrogens (tertiary/aromatic N) is 1. The van der Waals surface area contributed by atoms with Crippen molar-refractivity contribution in [2.45, 2.75) is 0 Å². The molecule has 196 valence electrons. The SMILES string of the molecule is c1ccc(-c2ccc3sc4c(ccc5c6cc(-c7ccccc7)ccc6n(-c6cccc7ccccc67)c54)c3c2)cc1. The van der Waals surface area contributed by atoms with E-state index in [0.29, 0.717) is 0 Å². The summed E-state index contributed by atoms with van der Waals surface area (Å²) in [5.41, 5.74) is 8.71. The average Bonchev–Trinajstić information content (AvgIpc) is 3.60. The maximum absolute atomic E-state index is 2.51. The monoisotopic (exact) mass is 551 g/mol. The summed E-state index contributed by atoms with van der Waals surface area (Å²) in [7, 11) is 0. The zero-order chi connectivity index (χ0) is 27.6. The fourth-order valence-corrected chi connectivity index (χ4v) is 7.83. The molecule has 0 aliphatic rings. The van der Waals surface area contributed by atoms with E-state index in [2.05, 4.69) is 156 Å². The molecule has 0 fully saturated rings. The Balaban J connectivity index is 1.41. The van der Waals surface area contributed by atoms with Crippen LogP contribution in [0.3, 0.4) is 0 Å². The molecule has 0 radical (unpaired) electrons. The highest BCUT2D eigenvalue weighted by Crippen LogP contribution is 2.45. The van der Waals surface area contributed by atoms with Gasteiger partial charge in [-0.1, -0.05) is 121 Å². The van der Waals surface area contributed by atoms with E-state index in [-0.39, 0.29) is 0 Å². The van der Waals surface area contributed by atoms with E-state index in [9.17, 15) is 0 Å². The lowest BCUT2D eigenvalue weighted by molar-refractivity contribution is 1.21. The van der Waals surface area contributed by atoms with Crippen molar-refractivity contribution in [1.29, 1.82) is 0 Å². The quantitative estimate of drug-likeness (QED) is 0.206. The third-order valence-electron chi connectivity index (χ3n) is 8.59. The molecule has 0 bridgehead atoms. The number of thiophene rings is 1. The van der Waals surface area contributed by atoms with Crippen LogP contribution in [0, 0.1) is 0 Å². The van der Waals surface area contributed by atoms with Gasteiger partial charge in [0.05, 0.1) is 21.4 Å². The summed E-state index contributed by atoms with van der Waals surface area (Å²) in [4.78, 5) is 0. The molecule has 7 aromatic carbocycles. The lowest BCUT2D eigenvalue weighted by Crippen LogP contribution is -1.95. The molecule has 0 atom stereocenters. The zero-order valence-corrected chi connectivity index (χ0v) is 23.6. The molecular weight excluding hydrogens is 527 g/mol. The van der Waals surface area contributed by atoms with E-state index < -0.39 is 0 Å². The van der Waals surface area contributed by atoms with Gasteiger partial charge in [0, 0.05) is 31.6 Å². The smallest absolute Gasteiger partial charge is 0.0720 e. The molecule has 9 aromatic rings. The number of aromatic nitrogens is 1. The first-order chi connectivity index (χ1) is 20.8. The fourth-order valence-electron chi connectivity index (χ4n) is 6.61. The van der Waals surface area contributed by atoms with Gasteiger partial charge in [0.1, 0.15) is 0 Å². The maximum atomic E-state index is 2.51. The van der Waals surface area contributed by atoms with E-state index in [0.717, 1.165) is 0 Å². The lowest BCUT2D eigenvalue weighted by Gasteiger charge is -2.12. The molecule has 0 saturated heterocycles. The molecule has 0 spiro atoms. The van der Waals surface area contributed by atoms with Crippen LogP contribution in [-0.4, -0.2) is 4.57 Å². The van der Waals surface area contributed by atoms with Gasteiger partial charge < -0.3 is 4.57 Å². The highest BCUT2D eigenvalue weighted by Gasteiger charge is 2.19. The minimum atomic E-state index is 1.22. The Kier molecular flexibility index (Phi) is 5.13. The van der Waals surface area contributed by atoms with Crippen molar-refractivity contribution >= 4 is 64.1 Å². The number of benzene rings is 7. The van der Waals surface area contributed by atoms with E-state index in [1.165, 1.54) is 80.7 Å². The minimum Gasteiger partial charge on any atom is -0.307 e. The average molecular weight is 552 g/mol. The van der Waals surface area contributed by atoms with Gasteiger partial charge >= 0.3 is 0 Å². The van der Waals surface area contributed by atoms with Crippen molar-refractivity contribution in [3.8, 4) is 27.9 Å². The second kappa shape index (κ2) is 9.17. The molecule has 9 rings (SSSR count). The summed E-state index contributed by atoms with van der Waals surface area (Å²) in [5.74, 6) is 0. The molecule has 0 N–H and O–H groups in total. The van der Waals surface area contributed by atoms with Crippen LogP contribution < -0.4 is 0 Å². The van der Waals surface area contributed by atoms with Crippen molar-refractivity contribution in [2.75, 3.05) is 0 Å². The number of fused-ring (bicyclic) bond motifs is 8. The van der Waals surface area contributed by atoms with E-state index in [1.807, 2.05) is 11.3 Å². The molecule has 0 saturated carbocycles. The minimum absolute atomic E-state index is 1.22. The first kappa shape index (κ1) is 23.5. The standard InChI is InChI=1S/C40H25NS/c1-3-10-26(11-4-1)29-18-22-37-34(24-29)32-20-21-33-35-25-30(27-12-5-2-6-13-27)19-23-38(35)42-40(33)39(32)41(37)36-17-9-15-28-14-7-8-16-31(28)36/h1-25H. The predicted molar refractivity (Wildman–Crippen MR) is 182 cm³/mol. The van der Waals surface area contributed by atoms with Gasteiger partial charge in [0.2, 0.25) is 0 Å². The van der Waals surface area contributed by atoms with Gasteiger partial charge in [-0.2, -0.15) is 0 Å². The van der Waals surface area contributed by atoms with Crippen LogP contribution >= 0.6 is 11.3 Å². The van der Waals surface area contributed by atoms with Gasteiger partial charge in [0.15, 0.2) is 0 Å². The lowest BCUT2D eigenvalue weighted by atomic mass is 10.0. The van der Waals surface area contributed by atoms with Crippen molar-refractivity contribution in [1.82, 2.24) is 4.57 Å². The van der Waals surface area contributed by atoms with Crippen LogP contribution in [0.1, 0.15) is 0 Å². The third kappa shape index (κ3) is 3.49. The summed E-state index contributed by atoms with van der Waals surface area (Å²) in [5, 5.41) is 7.71. The van der Waals surface area contributed by atoms with E-state index in [1.54, 1.807) is 0 Å². The first-order valence-corrected chi connectivity index (χ1v) is 15.2. The molecule has 42 heavy (non-hydrogen) atoms. The van der Waals surface area contributed by atoms with Crippen molar-refractivity contribution in [3.63, 3.8) is 0 Å². The first-order valence-electron chi connectivity index (χ1n) is 14.4. The van der Waals surface area contributed by atoms with E-state index in [4.69, 9.17) is 0 Å². The largest absolute Gasteiger partial charge is 0.307 e. The molecule has 0 amide bonds. The van der Waals surface area contributed by atoms with Gasteiger partial charge in [-0.05, 0) is 58.0 Å². The fraction of sp³-hybridized carbons (Fsp3) is 0. The highest BCUT2D eigenvalue weighted by atomic mass is 32.1. The van der Waals surface area contributed by atoms with Crippen molar-refractivity contribution < 1.29 is 0 Å². The van der Waals surface area contributed by atoms with Crippen LogP contribution in [0.4, 0.5) is 0 Å². The molecule has 2 heterocycles. The van der Waals surface area contributed by atoms with Crippen LogP contribution in [0.15, 0.2) is 152 Å². The molecular formula is C40H25NS.